The van der Waals surface area contributed by atoms with Gasteiger partial charge >= 0.3 is 11.5 Å². The van der Waals surface area contributed by atoms with Gasteiger partial charge in [-0.15, -0.1) is 6.42 Å². The van der Waals surface area contributed by atoms with E-state index in [1.165, 1.54) is 18.2 Å². The molecule has 2 bridgehead atoms. The van der Waals surface area contributed by atoms with Crippen LogP contribution in [0.5, 0.6) is 11.8 Å². The smallest absolute Gasteiger partial charge is 0.446 e. The summed E-state index contributed by atoms with van der Waals surface area (Å²) in [7, 11) is 0. The van der Waals surface area contributed by atoms with Crippen molar-refractivity contribution in [1.82, 2.24) is 20.2 Å². The summed E-state index contributed by atoms with van der Waals surface area (Å²) in [6, 6.07) is 6.17. The van der Waals surface area contributed by atoms with Gasteiger partial charge in [0.1, 0.15) is 22.9 Å². The lowest BCUT2D eigenvalue weighted by Crippen LogP contribution is -2.53. The third-order valence-corrected chi connectivity index (χ3v) is 10.8. The summed E-state index contributed by atoms with van der Waals surface area (Å²) in [5.41, 5.74) is -6.26. The van der Waals surface area contributed by atoms with Gasteiger partial charge in [0.25, 0.3) is 0 Å². The number of phenolic OH excluding ortho intramolecular Hbond substituents is 1. The minimum Gasteiger partial charge on any atom is -0.508 e. The van der Waals surface area contributed by atoms with Crippen LogP contribution in [0.2, 0.25) is 0 Å². The minimum atomic E-state index is -4.83. The molecule has 2 unspecified atom stereocenters. The predicted octanol–water partition coefficient (Wildman–Crippen LogP) is 5.80. The Labute approximate surface area is 282 Å². The van der Waals surface area contributed by atoms with E-state index >= 15 is 4.39 Å². The van der Waals surface area contributed by atoms with Crippen molar-refractivity contribution in [3.05, 3.63) is 47.5 Å². The molecule has 8 nitrogen and oxygen atoms in total. The van der Waals surface area contributed by atoms with Crippen LogP contribution in [0.3, 0.4) is 0 Å². The van der Waals surface area contributed by atoms with Crippen LogP contribution in [0.1, 0.15) is 31.2 Å². The zero-order valence-corrected chi connectivity index (χ0v) is 27.0. The van der Waals surface area contributed by atoms with Crippen molar-refractivity contribution in [1.29, 1.82) is 0 Å². The molecular weight excluding hydrogens is 665 g/mol. The van der Waals surface area contributed by atoms with Gasteiger partial charge in [0, 0.05) is 71.5 Å². The summed E-state index contributed by atoms with van der Waals surface area (Å²) in [6.45, 7) is 3.17. The van der Waals surface area contributed by atoms with E-state index in [-0.39, 0.29) is 80.6 Å². The number of piperazine rings is 1. The van der Waals surface area contributed by atoms with Crippen molar-refractivity contribution in [2.45, 2.75) is 54.3 Å². The first-order chi connectivity index (χ1) is 23.4. The van der Waals surface area contributed by atoms with Crippen LogP contribution in [0, 0.1) is 29.4 Å². The number of fused-ring (bicyclic) bond motifs is 4. The van der Waals surface area contributed by atoms with Gasteiger partial charge in [0.15, 0.2) is 5.82 Å². The number of aromatic hydroxyl groups is 1. The normalized spacial score (nSPS) is 22.0. The number of phenols is 1. The molecule has 3 aromatic carbocycles. The number of benzene rings is 3. The molecule has 1 aromatic heterocycles. The fraction of sp³-hybridized carbons (Fsp3) is 0.429. The second kappa shape index (κ2) is 11.9. The lowest BCUT2D eigenvalue weighted by atomic mass is 9.93. The molecule has 256 valence electrons. The number of aliphatic hydroxyl groups excluding tert-OH is 1. The van der Waals surface area contributed by atoms with Gasteiger partial charge in [-0.3, -0.25) is 4.90 Å². The van der Waals surface area contributed by atoms with Crippen LogP contribution >= 0.6 is 11.8 Å². The van der Waals surface area contributed by atoms with Crippen molar-refractivity contribution in [2.75, 3.05) is 44.2 Å². The van der Waals surface area contributed by atoms with Gasteiger partial charge in [-0.05, 0) is 72.7 Å². The van der Waals surface area contributed by atoms with Crippen LogP contribution in [0.15, 0.2) is 35.2 Å². The number of aliphatic hydroxyl groups is 1. The van der Waals surface area contributed by atoms with Crippen LogP contribution < -0.4 is 15.0 Å². The molecule has 2 atom stereocenters. The topological polar surface area (TPSA) is 94.0 Å². The molecule has 1 aliphatic carbocycles. The molecule has 0 amide bonds. The van der Waals surface area contributed by atoms with Crippen molar-refractivity contribution in [2.24, 2.45) is 5.41 Å². The number of aromatic nitrogens is 2. The number of halogens is 5. The number of β-amino-alcohol motifs (C(OH)–C–C–N with tert-alkyl or cyclic N) is 1. The Balaban J connectivity index is 1.31. The molecule has 3 aliphatic heterocycles. The highest BCUT2D eigenvalue weighted by Crippen LogP contribution is 2.50. The van der Waals surface area contributed by atoms with Gasteiger partial charge in [-0.1, -0.05) is 12.0 Å². The van der Waals surface area contributed by atoms with E-state index in [1.807, 2.05) is 4.90 Å². The number of likely N-dealkylation sites (tertiary alicyclic amines) is 1. The van der Waals surface area contributed by atoms with Crippen molar-refractivity contribution in [3.63, 3.8) is 0 Å². The van der Waals surface area contributed by atoms with E-state index in [4.69, 9.17) is 16.1 Å². The Kier molecular flexibility index (Phi) is 7.82. The SMILES string of the molecule is C#Cc1c(F)ccc2cc(O)cc(-c3c(SC(F)(F)F)cc4c(N5CC6CCC(C5)N6)nc(OCC5(CN6CC(O)C6)CC5)nc4c3F)c12. The third-order valence-electron chi connectivity index (χ3n) is 10.0. The molecule has 3 N–H and O–H groups in total. The molecule has 0 radical (unpaired) electrons. The number of hydrogen-bond acceptors (Lipinski definition) is 9. The lowest BCUT2D eigenvalue weighted by molar-refractivity contribution is -0.0328. The van der Waals surface area contributed by atoms with E-state index in [9.17, 15) is 27.8 Å². The molecule has 4 aliphatic rings. The number of nitrogens with zero attached hydrogens (tertiary/aromatic N) is 4. The Hall–Kier alpha value is -3.90. The first kappa shape index (κ1) is 32.3. The summed E-state index contributed by atoms with van der Waals surface area (Å²) < 4.78 is 80.9. The molecule has 0 spiro atoms. The summed E-state index contributed by atoms with van der Waals surface area (Å²) >= 11 is -0.516. The molecule has 4 aromatic rings. The molecular formula is C35H32F5N5O3S. The molecule has 14 heteroatoms. The Bertz CT molecular complexity index is 2020. The summed E-state index contributed by atoms with van der Waals surface area (Å²) in [4.78, 5) is 12.7. The highest BCUT2D eigenvalue weighted by molar-refractivity contribution is 8.00. The van der Waals surface area contributed by atoms with Crippen molar-refractivity contribution >= 4 is 39.3 Å². The number of terminal acetylenes is 1. The number of hydrogen-bond donors (Lipinski definition) is 3. The number of anilines is 1. The standard InChI is InChI=1S/C35H32F5N5O3S/c1-2-23-26(36)6-3-18-9-21(46)10-24(28(18)23)29-27(49-35(38,39)40)11-25-31(30(29)37)42-33(43-32(25)45-12-19-4-5-20(13-45)41-19)48-17-34(7-8-34)16-44-14-22(47)15-44/h1,3,6,9-11,19-20,22,41,46-47H,4-5,7-8,12-17H2. The number of alkyl halides is 3. The zero-order valence-electron chi connectivity index (χ0n) is 26.2. The maximum absolute atomic E-state index is 17.2. The molecule has 3 saturated heterocycles. The Morgan fingerprint density at radius 1 is 1.06 bits per heavy atom. The van der Waals surface area contributed by atoms with Gasteiger partial charge in [-0.2, -0.15) is 23.1 Å². The van der Waals surface area contributed by atoms with E-state index in [0.29, 0.717) is 26.2 Å². The van der Waals surface area contributed by atoms with Gasteiger partial charge in [-0.25, -0.2) is 8.78 Å². The quantitative estimate of drug-likeness (QED) is 0.120. The van der Waals surface area contributed by atoms with Gasteiger partial charge in [0.05, 0.1) is 18.3 Å². The fourth-order valence-corrected chi connectivity index (χ4v) is 8.28. The second-order valence-corrected chi connectivity index (χ2v) is 14.8. The summed E-state index contributed by atoms with van der Waals surface area (Å²) in [6.07, 6.45) is 8.95. The maximum Gasteiger partial charge on any atom is 0.446 e. The van der Waals surface area contributed by atoms with Gasteiger partial charge in [0.2, 0.25) is 0 Å². The molecule has 1 saturated carbocycles. The van der Waals surface area contributed by atoms with Crippen LogP contribution in [0.25, 0.3) is 32.8 Å². The number of ether oxygens (including phenoxy) is 1. The number of rotatable bonds is 8. The van der Waals surface area contributed by atoms with E-state index < -0.39 is 39.4 Å². The highest BCUT2D eigenvalue weighted by Gasteiger charge is 2.47. The van der Waals surface area contributed by atoms with E-state index in [0.717, 1.165) is 44.4 Å². The van der Waals surface area contributed by atoms with Crippen LogP contribution in [-0.4, -0.2) is 88.1 Å². The third kappa shape index (κ3) is 6.11. The largest absolute Gasteiger partial charge is 0.508 e. The summed E-state index contributed by atoms with van der Waals surface area (Å²) in [5.74, 6) is 0.219. The number of thioether (sulfide) groups is 1. The molecule has 8 rings (SSSR count). The Morgan fingerprint density at radius 2 is 1.80 bits per heavy atom. The Morgan fingerprint density at radius 3 is 2.45 bits per heavy atom. The lowest BCUT2D eigenvalue weighted by Gasteiger charge is -2.38. The molecule has 4 fully saturated rings. The van der Waals surface area contributed by atoms with Crippen LogP contribution in [0.4, 0.5) is 27.8 Å². The molecule has 49 heavy (non-hydrogen) atoms. The zero-order chi connectivity index (χ0) is 34.2. The predicted molar refractivity (Wildman–Crippen MR) is 176 cm³/mol. The van der Waals surface area contributed by atoms with Crippen LogP contribution in [-0.2, 0) is 0 Å². The van der Waals surface area contributed by atoms with E-state index in [1.54, 1.807) is 0 Å². The minimum absolute atomic E-state index is 0.0150. The molecule has 4 heterocycles. The van der Waals surface area contributed by atoms with Crippen molar-refractivity contribution < 1.29 is 36.9 Å². The monoisotopic (exact) mass is 697 g/mol. The first-order valence-corrected chi connectivity index (χ1v) is 17.0. The van der Waals surface area contributed by atoms with Crippen molar-refractivity contribution in [3.8, 4) is 35.2 Å². The highest BCUT2D eigenvalue weighted by atomic mass is 32.2. The fourth-order valence-electron chi connectivity index (χ4n) is 7.55. The average Bonchev–Trinajstić information content (AvgIpc) is 3.72. The maximum atomic E-state index is 17.2. The van der Waals surface area contributed by atoms with Gasteiger partial charge < -0.3 is 25.2 Å². The first-order valence-electron chi connectivity index (χ1n) is 16.1. The second-order valence-electron chi connectivity index (χ2n) is 13.7. The summed E-state index contributed by atoms with van der Waals surface area (Å²) in [5, 5.41) is 24.2. The average molecular weight is 698 g/mol. The van der Waals surface area contributed by atoms with E-state index in [2.05, 4.69) is 21.1 Å². The number of nitrogens with one attached hydrogen (secondary N) is 1.